The van der Waals surface area contributed by atoms with Crippen LogP contribution in [0.2, 0.25) is 0 Å². The molecule has 1 saturated carbocycles. The Bertz CT molecular complexity index is 292. The number of hydrogen-bond donors (Lipinski definition) is 1. The topological polar surface area (TPSA) is 46.0 Å². The molecule has 1 aliphatic carbocycles. The first-order valence-electron chi connectivity index (χ1n) is 5.62. The molecule has 0 radical (unpaired) electrons. The van der Waals surface area contributed by atoms with Crippen molar-refractivity contribution in [2.45, 2.75) is 39.2 Å². The lowest BCUT2D eigenvalue weighted by Gasteiger charge is -2.33. The fraction of sp³-hybridized carbons (Fsp3) is 0.818. The van der Waals surface area contributed by atoms with E-state index >= 15 is 0 Å². The summed E-state index contributed by atoms with van der Waals surface area (Å²) < 4.78 is 8.07. The van der Waals surface area contributed by atoms with Gasteiger partial charge in [0.25, 0.3) is 0 Å². The summed E-state index contributed by atoms with van der Waals surface area (Å²) in [5, 5.41) is 10.2. The zero-order valence-electron chi connectivity index (χ0n) is 9.26. The number of rotatable bonds is 2. The summed E-state index contributed by atoms with van der Waals surface area (Å²) in [5.74, 6) is 1.81. The summed E-state index contributed by atoms with van der Waals surface area (Å²) in [6.07, 6.45) is 4.80. The maximum absolute atomic E-state index is 10.2. The molecule has 1 fully saturated rings. The van der Waals surface area contributed by atoms with Gasteiger partial charge in [-0.3, -0.25) is 0 Å². The van der Waals surface area contributed by atoms with Crippen LogP contribution >= 0.6 is 11.7 Å². The van der Waals surface area contributed by atoms with Gasteiger partial charge in [-0.25, -0.2) is 0 Å². The first-order valence-corrected chi connectivity index (χ1v) is 6.35. The van der Waals surface area contributed by atoms with Crippen molar-refractivity contribution < 1.29 is 5.11 Å². The van der Waals surface area contributed by atoms with Crippen LogP contribution in [0.25, 0.3) is 0 Å². The fourth-order valence-electron chi connectivity index (χ4n) is 2.81. The minimum atomic E-state index is -0.408. The van der Waals surface area contributed by atoms with E-state index in [-0.39, 0.29) is 0 Å². The molecule has 0 aromatic carbocycles. The Morgan fingerprint density at radius 3 is 2.53 bits per heavy atom. The predicted octanol–water partition coefficient (Wildman–Crippen LogP) is 2.64. The van der Waals surface area contributed by atoms with Gasteiger partial charge in [-0.2, -0.15) is 8.75 Å². The Hall–Kier alpha value is -0.480. The molecule has 0 aliphatic heterocycles. The van der Waals surface area contributed by atoms with Crippen molar-refractivity contribution in [2.24, 2.45) is 17.8 Å². The summed E-state index contributed by atoms with van der Waals surface area (Å²) >= 11 is 1.17. The number of nitrogens with zero attached hydrogens (tertiary/aromatic N) is 2. The van der Waals surface area contributed by atoms with Gasteiger partial charge in [0.2, 0.25) is 0 Å². The van der Waals surface area contributed by atoms with Crippen molar-refractivity contribution in [3.63, 3.8) is 0 Å². The molecule has 3 unspecified atom stereocenters. The van der Waals surface area contributed by atoms with Crippen LogP contribution in [0.5, 0.6) is 0 Å². The third-order valence-corrected chi connectivity index (χ3v) is 3.84. The van der Waals surface area contributed by atoms with Crippen molar-refractivity contribution >= 4 is 11.7 Å². The largest absolute Gasteiger partial charge is 0.386 e. The summed E-state index contributed by atoms with van der Waals surface area (Å²) in [7, 11) is 0. The first kappa shape index (κ1) is 11.0. The van der Waals surface area contributed by atoms with E-state index < -0.39 is 6.10 Å². The standard InChI is InChI=1S/C11H18N2OS/c1-7-3-8(2)5-9(4-7)11(14)10-6-12-15-13-10/h6-9,11,14H,3-5H2,1-2H3. The van der Waals surface area contributed by atoms with Crippen molar-refractivity contribution in [3.8, 4) is 0 Å². The predicted molar refractivity (Wildman–Crippen MR) is 60.5 cm³/mol. The molecule has 1 aromatic heterocycles. The van der Waals surface area contributed by atoms with Gasteiger partial charge < -0.3 is 5.11 Å². The zero-order valence-corrected chi connectivity index (χ0v) is 10.1. The van der Waals surface area contributed by atoms with Crippen molar-refractivity contribution in [2.75, 3.05) is 0 Å². The van der Waals surface area contributed by atoms with Gasteiger partial charge in [0.05, 0.1) is 17.9 Å². The molecule has 2 rings (SSSR count). The van der Waals surface area contributed by atoms with E-state index in [0.29, 0.717) is 5.92 Å². The van der Waals surface area contributed by atoms with Gasteiger partial charge in [0.1, 0.15) is 11.8 Å². The second-order valence-electron chi connectivity index (χ2n) is 4.95. The summed E-state index contributed by atoms with van der Waals surface area (Å²) in [4.78, 5) is 0. The lowest BCUT2D eigenvalue weighted by Crippen LogP contribution is -2.24. The lowest BCUT2D eigenvalue weighted by molar-refractivity contribution is 0.0527. The molecule has 15 heavy (non-hydrogen) atoms. The maximum Gasteiger partial charge on any atom is 0.103 e. The van der Waals surface area contributed by atoms with E-state index in [4.69, 9.17) is 0 Å². The highest BCUT2D eigenvalue weighted by Crippen LogP contribution is 2.39. The van der Waals surface area contributed by atoms with Crippen molar-refractivity contribution in [1.29, 1.82) is 0 Å². The Morgan fingerprint density at radius 1 is 1.33 bits per heavy atom. The Labute approximate surface area is 94.9 Å². The SMILES string of the molecule is CC1CC(C)CC(C(O)c2cnsn2)C1. The molecule has 3 atom stereocenters. The average Bonchev–Trinajstić information content (AvgIpc) is 2.67. The molecular formula is C11H18N2OS. The van der Waals surface area contributed by atoms with E-state index in [0.717, 1.165) is 30.4 Å². The number of hydrogen-bond acceptors (Lipinski definition) is 4. The van der Waals surface area contributed by atoms with Crippen LogP contribution in [0.4, 0.5) is 0 Å². The van der Waals surface area contributed by atoms with Crippen molar-refractivity contribution in [3.05, 3.63) is 11.9 Å². The van der Waals surface area contributed by atoms with E-state index in [1.165, 1.54) is 18.1 Å². The molecule has 0 bridgehead atoms. The molecule has 1 heterocycles. The molecule has 84 valence electrons. The molecule has 0 spiro atoms. The molecule has 1 aromatic rings. The van der Waals surface area contributed by atoms with Gasteiger partial charge in [-0.15, -0.1) is 0 Å². The Balaban J connectivity index is 2.03. The zero-order chi connectivity index (χ0) is 10.8. The first-order chi connectivity index (χ1) is 7.16. The second kappa shape index (κ2) is 4.58. The minimum absolute atomic E-state index is 0.368. The van der Waals surface area contributed by atoms with Crippen LogP contribution in [0.15, 0.2) is 6.20 Å². The summed E-state index contributed by atoms with van der Waals surface area (Å²) in [6.45, 7) is 4.54. The second-order valence-corrected chi connectivity index (χ2v) is 5.51. The number of aromatic nitrogens is 2. The normalized spacial score (nSPS) is 33.9. The van der Waals surface area contributed by atoms with Crippen LogP contribution in [-0.2, 0) is 0 Å². The molecule has 0 saturated heterocycles. The van der Waals surface area contributed by atoms with E-state index in [1.54, 1.807) is 6.20 Å². The van der Waals surface area contributed by atoms with Crippen LogP contribution in [-0.4, -0.2) is 13.9 Å². The maximum atomic E-state index is 10.2. The Morgan fingerprint density at radius 2 is 2.00 bits per heavy atom. The van der Waals surface area contributed by atoms with Crippen LogP contribution < -0.4 is 0 Å². The highest BCUT2D eigenvalue weighted by Gasteiger charge is 2.30. The average molecular weight is 226 g/mol. The minimum Gasteiger partial charge on any atom is -0.386 e. The monoisotopic (exact) mass is 226 g/mol. The van der Waals surface area contributed by atoms with Gasteiger partial charge in [-0.1, -0.05) is 13.8 Å². The van der Waals surface area contributed by atoms with Gasteiger partial charge >= 0.3 is 0 Å². The molecule has 4 heteroatoms. The fourth-order valence-corrected chi connectivity index (χ4v) is 3.26. The smallest absolute Gasteiger partial charge is 0.103 e. The Kier molecular flexibility index (Phi) is 3.36. The van der Waals surface area contributed by atoms with Gasteiger partial charge in [0, 0.05) is 0 Å². The van der Waals surface area contributed by atoms with E-state index in [1.807, 2.05) is 0 Å². The highest BCUT2D eigenvalue weighted by atomic mass is 32.1. The third kappa shape index (κ3) is 2.55. The molecule has 0 amide bonds. The van der Waals surface area contributed by atoms with E-state index in [2.05, 4.69) is 22.6 Å². The number of aliphatic hydroxyl groups is 1. The van der Waals surface area contributed by atoms with Gasteiger partial charge in [0.15, 0.2) is 0 Å². The highest BCUT2D eigenvalue weighted by molar-refractivity contribution is 6.99. The summed E-state index contributed by atoms with van der Waals surface area (Å²) in [5.41, 5.74) is 0.756. The molecule has 1 aliphatic rings. The lowest BCUT2D eigenvalue weighted by atomic mass is 9.74. The van der Waals surface area contributed by atoms with Crippen LogP contribution in [0.3, 0.4) is 0 Å². The molecular weight excluding hydrogens is 208 g/mol. The van der Waals surface area contributed by atoms with E-state index in [9.17, 15) is 5.11 Å². The van der Waals surface area contributed by atoms with Crippen LogP contribution in [0, 0.1) is 17.8 Å². The van der Waals surface area contributed by atoms with Gasteiger partial charge in [-0.05, 0) is 37.0 Å². The third-order valence-electron chi connectivity index (χ3n) is 3.34. The molecule has 3 nitrogen and oxygen atoms in total. The van der Waals surface area contributed by atoms with Crippen LogP contribution in [0.1, 0.15) is 44.9 Å². The quantitative estimate of drug-likeness (QED) is 0.843. The number of aliphatic hydroxyl groups excluding tert-OH is 1. The summed E-state index contributed by atoms with van der Waals surface area (Å²) in [6, 6.07) is 0. The van der Waals surface area contributed by atoms with Crippen molar-refractivity contribution in [1.82, 2.24) is 8.75 Å². The molecule has 1 N–H and O–H groups in total.